The van der Waals surface area contributed by atoms with E-state index < -0.39 is 0 Å². The molecule has 3 heteroatoms. The fourth-order valence-electron chi connectivity index (χ4n) is 6.53. The summed E-state index contributed by atoms with van der Waals surface area (Å²) in [5.41, 5.74) is 11.1. The van der Waals surface area contributed by atoms with Crippen LogP contribution in [0.5, 0.6) is 0 Å². The summed E-state index contributed by atoms with van der Waals surface area (Å²) >= 11 is 0. The third-order valence-corrected chi connectivity index (χ3v) is 8.32. The first-order valence-corrected chi connectivity index (χ1v) is 14.0. The Balaban J connectivity index is 1.32. The van der Waals surface area contributed by atoms with Crippen molar-refractivity contribution in [3.63, 3.8) is 0 Å². The highest BCUT2D eigenvalue weighted by Crippen LogP contribution is 2.49. The molecule has 192 valence electrons. The Labute approximate surface area is 237 Å². The number of nitrogens with zero attached hydrogens (tertiary/aromatic N) is 2. The van der Waals surface area contributed by atoms with Crippen LogP contribution in [0, 0.1) is 0 Å². The van der Waals surface area contributed by atoms with Crippen molar-refractivity contribution in [3.8, 4) is 27.9 Å². The Bertz CT molecular complexity index is 2290. The van der Waals surface area contributed by atoms with Gasteiger partial charge in [0.15, 0.2) is 0 Å². The van der Waals surface area contributed by atoms with E-state index in [2.05, 4.69) is 143 Å². The zero-order valence-electron chi connectivity index (χ0n) is 22.2. The minimum atomic E-state index is 0.912. The van der Waals surface area contributed by atoms with Gasteiger partial charge in [-0.2, -0.15) is 0 Å². The SMILES string of the molecule is c1cc(-c2cccc3c2oc2ccccc23)cc(N2c3ccccc3-c3ccccc3-n3c2cc2ccccc23)c1. The van der Waals surface area contributed by atoms with Crippen LogP contribution in [-0.2, 0) is 0 Å². The van der Waals surface area contributed by atoms with Crippen molar-refractivity contribution in [3.05, 3.63) is 146 Å². The maximum atomic E-state index is 6.42. The molecule has 1 aliphatic rings. The van der Waals surface area contributed by atoms with Crippen LogP contribution < -0.4 is 4.90 Å². The van der Waals surface area contributed by atoms with Gasteiger partial charge < -0.3 is 4.42 Å². The minimum absolute atomic E-state index is 0.912. The number of benzene rings is 6. The summed E-state index contributed by atoms with van der Waals surface area (Å²) < 4.78 is 8.82. The van der Waals surface area contributed by atoms with Crippen molar-refractivity contribution in [2.24, 2.45) is 0 Å². The quantitative estimate of drug-likeness (QED) is 0.224. The highest BCUT2D eigenvalue weighted by Gasteiger charge is 2.27. The topological polar surface area (TPSA) is 21.3 Å². The Morgan fingerprint density at radius 3 is 2.10 bits per heavy atom. The molecule has 3 heterocycles. The third kappa shape index (κ3) is 3.20. The van der Waals surface area contributed by atoms with Gasteiger partial charge in [0.05, 0.1) is 16.9 Å². The van der Waals surface area contributed by atoms with Gasteiger partial charge in [-0.1, -0.05) is 103 Å². The van der Waals surface area contributed by atoms with E-state index in [0.29, 0.717) is 0 Å². The van der Waals surface area contributed by atoms with E-state index in [0.717, 1.165) is 50.3 Å². The maximum Gasteiger partial charge on any atom is 0.143 e. The van der Waals surface area contributed by atoms with E-state index >= 15 is 0 Å². The molecule has 8 aromatic rings. The van der Waals surface area contributed by atoms with Crippen LogP contribution in [0.4, 0.5) is 17.2 Å². The van der Waals surface area contributed by atoms with Crippen LogP contribution in [0.25, 0.3) is 60.8 Å². The molecule has 0 saturated heterocycles. The number of hydrogen-bond acceptors (Lipinski definition) is 2. The second-order valence-electron chi connectivity index (χ2n) is 10.6. The summed E-state index contributed by atoms with van der Waals surface area (Å²) in [6.07, 6.45) is 0. The van der Waals surface area contributed by atoms with Crippen LogP contribution in [0.3, 0.4) is 0 Å². The molecule has 0 N–H and O–H groups in total. The molecule has 0 bridgehead atoms. The highest BCUT2D eigenvalue weighted by molar-refractivity contribution is 6.10. The molecule has 0 atom stereocenters. The van der Waals surface area contributed by atoms with E-state index in [9.17, 15) is 0 Å². The smallest absolute Gasteiger partial charge is 0.143 e. The molecule has 6 aromatic carbocycles. The number of aromatic nitrogens is 1. The van der Waals surface area contributed by atoms with Gasteiger partial charge in [0, 0.05) is 38.5 Å². The zero-order chi connectivity index (χ0) is 26.9. The minimum Gasteiger partial charge on any atom is -0.455 e. The lowest BCUT2D eigenvalue weighted by Crippen LogP contribution is -2.12. The predicted molar refractivity (Wildman–Crippen MR) is 170 cm³/mol. The van der Waals surface area contributed by atoms with Gasteiger partial charge in [-0.3, -0.25) is 9.47 Å². The lowest BCUT2D eigenvalue weighted by atomic mass is 10.00. The van der Waals surface area contributed by atoms with Crippen LogP contribution in [0.1, 0.15) is 0 Å². The molecular weight excluding hydrogens is 500 g/mol. The second-order valence-corrected chi connectivity index (χ2v) is 10.6. The van der Waals surface area contributed by atoms with Crippen molar-refractivity contribution < 1.29 is 4.42 Å². The van der Waals surface area contributed by atoms with Crippen molar-refractivity contribution in [2.45, 2.75) is 0 Å². The Morgan fingerprint density at radius 2 is 1.17 bits per heavy atom. The Kier molecular flexibility index (Phi) is 4.61. The summed E-state index contributed by atoms with van der Waals surface area (Å²) in [5.74, 6) is 1.11. The second kappa shape index (κ2) is 8.48. The molecule has 0 amide bonds. The molecule has 2 aromatic heterocycles. The Morgan fingerprint density at radius 1 is 0.488 bits per heavy atom. The third-order valence-electron chi connectivity index (χ3n) is 8.32. The zero-order valence-corrected chi connectivity index (χ0v) is 22.2. The molecule has 0 aliphatic carbocycles. The molecular formula is C38H24N2O. The van der Waals surface area contributed by atoms with Gasteiger partial charge in [0.2, 0.25) is 0 Å². The number of anilines is 3. The molecule has 41 heavy (non-hydrogen) atoms. The first-order chi connectivity index (χ1) is 20.3. The summed E-state index contributed by atoms with van der Waals surface area (Å²) in [7, 11) is 0. The van der Waals surface area contributed by atoms with Gasteiger partial charge in [-0.15, -0.1) is 0 Å². The molecule has 0 saturated carbocycles. The van der Waals surface area contributed by atoms with E-state index in [4.69, 9.17) is 4.42 Å². The molecule has 0 unspecified atom stereocenters. The molecule has 0 fully saturated rings. The van der Waals surface area contributed by atoms with Gasteiger partial charge in [0.25, 0.3) is 0 Å². The number of fused-ring (bicyclic) bond motifs is 10. The number of furan rings is 1. The van der Waals surface area contributed by atoms with E-state index in [1.165, 1.54) is 27.7 Å². The lowest BCUT2D eigenvalue weighted by Gasteiger charge is -2.26. The molecule has 0 spiro atoms. The number of hydrogen-bond donors (Lipinski definition) is 0. The average Bonchev–Trinajstić information content (AvgIpc) is 3.57. The first kappa shape index (κ1) is 22.3. The van der Waals surface area contributed by atoms with E-state index in [-0.39, 0.29) is 0 Å². The summed E-state index contributed by atoms with van der Waals surface area (Å²) in [6.45, 7) is 0. The van der Waals surface area contributed by atoms with Crippen LogP contribution in [0.15, 0.2) is 150 Å². The van der Waals surface area contributed by atoms with Crippen LogP contribution in [-0.4, -0.2) is 4.57 Å². The van der Waals surface area contributed by atoms with Gasteiger partial charge in [0.1, 0.15) is 17.0 Å². The van der Waals surface area contributed by atoms with Gasteiger partial charge in [-0.25, -0.2) is 0 Å². The summed E-state index contributed by atoms with van der Waals surface area (Å²) in [6, 6.07) is 51.9. The van der Waals surface area contributed by atoms with Gasteiger partial charge in [-0.05, 0) is 48.0 Å². The van der Waals surface area contributed by atoms with Crippen molar-refractivity contribution in [1.29, 1.82) is 0 Å². The maximum absolute atomic E-state index is 6.42. The largest absolute Gasteiger partial charge is 0.455 e. The fourth-order valence-corrected chi connectivity index (χ4v) is 6.53. The lowest BCUT2D eigenvalue weighted by molar-refractivity contribution is 0.670. The average molecular weight is 525 g/mol. The molecule has 9 rings (SSSR count). The van der Waals surface area contributed by atoms with Gasteiger partial charge >= 0.3 is 0 Å². The first-order valence-electron chi connectivity index (χ1n) is 14.0. The number of para-hydroxylation sites is 5. The van der Waals surface area contributed by atoms with Crippen molar-refractivity contribution >= 4 is 50.0 Å². The Hall–Kier alpha value is -5.54. The highest BCUT2D eigenvalue weighted by atomic mass is 16.3. The predicted octanol–water partition coefficient (Wildman–Crippen LogP) is 10.6. The van der Waals surface area contributed by atoms with E-state index in [1.54, 1.807) is 0 Å². The summed E-state index contributed by atoms with van der Waals surface area (Å²) in [5, 5.41) is 3.49. The monoisotopic (exact) mass is 524 g/mol. The number of rotatable bonds is 2. The van der Waals surface area contributed by atoms with Crippen molar-refractivity contribution in [1.82, 2.24) is 4.57 Å². The van der Waals surface area contributed by atoms with Crippen molar-refractivity contribution in [2.75, 3.05) is 4.90 Å². The molecule has 1 aliphatic heterocycles. The fraction of sp³-hybridized carbons (Fsp3) is 0. The standard InChI is InChI=1S/C38H24N2O/c1-5-19-33-26(11-1)24-37-39(34-20-6-2-14-29(34)30-15-3-7-21-35(30)40(33)37)27-13-9-12-25(23-27)28-17-10-18-32-31-16-4-8-22-36(31)41-38(28)32/h1-24H. The molecule has 0 radical (unpaired) electrons. The van der Waals surface area contributed by atoms with E-state index in [1.807, 2.05) is 12.1 Å². The van der Waals surface area contributed by atoms with Crippen LogP contribution in [0.2, 0.25) is 0 Å². The molecule has 3 nitrogen and oxygen atoms in total. The van der Waals surface area contributed by atoms with Crippen LogP contribution >= 0.6 is 0 Å². The summed E-state index contributed by atoms with van der Waals surface area (Å²) in [4.78, 5) is 2.40. The normalized spacial score (nSPS) is 12.3.